The molecule has 2 fully saturated rings. The molecular formula is C12H20O4. The van der Waals surface area contributed by atoms with Crippen molar-refractivity contribution in [1.82, 2.24) is 0 Å². The van der Waals surface area contributed by atoms with Gasteiger partial charge < -0.3 is 14.6 Å². The van der Waals surface area contributed by atoms with Gasteiger partial charge in [-0.1, -0.05) is 13.8 Å². The topological polar surface area (TPSA) is 59.1 Å². The summed E-state index contributed by atoms with van der Waals surface area (Å²) in [4.78, 5) is 10.9. The Bertz CT molecular complexity index is 312. The number of ether oxygens (including phenoxy) is 2. The van der Waals surface area contributed by atoms with Gasteiger partial charge in [0.2, 0.25) is 0 Å². The molecule has 0 amide bonds. The highest BCUT2D eigenvalue weighted by molar-refractivity contribution is 5.65. The molecule has 1 aliphatic carbocycles. The molecule has 1 saturated heterocycles. The normalized spacial score (nSPS) is 44.7. The number of hydrogen-bond acceptors (Lipinski definition) is 4. The number of hydrogen-bond donors (Lipinski definition) is 1. The number of aliphatic hydroxyl groups is 1. The van der Waals surface area contributed by atoms with Crippen LogP contribution in [0.1, 0.15) is 34.1 Å². The number of fused-ring (bicyclic) bond motifs is 1. The van der Waals surface area contributed by atoms with Crippen molar-refractivity contribution in [2.75, 3.05) is 6.61 Å². The SMILES string of the molecule is CC(=O)OC[C@@H]1C(C)(C)[C@H](O)C[C@@H]2O[C@@]21C. The number of carbonyl (C=O) groups is 1. The van der Waals surface area contributed by atoms with Crippen LogP contribution in [0, 0.1) is 11.3 Å². The van der Waals surface area contributed by atoms with Gasteiger partial charge in [-0.25, -0.2) is 0 Å². The fourth-order valence-corrected chi connectivity index (χ4v) is 2.92. The number of epoxide rings is 1. The highest BCUT2D eigenvalue weighted by Gasteiger charge is 2.67. The van der Waals surface area contributed by atoms with Gasteiger partial charge in [0.25, 0.3) is 0 Å². The zero-order chi connectivity index (χ0) is 12.1. The first kappa shape index (κ1) is 11.9. The third-order valence-corrected chi connectivity index (χ3v) is 4.32. The summed E-state index contributed by atoms with van der Waals surface area (Å²) in [5, 5.41) is 10.1. The van der Waals surface area contributed by atoms with Crippen molar-refractivity contribution in [3.05, 3.63) is 0 Å². The van der Waals surface area contributed by atoms with Crippen molar-refractivity contribution in [3.63, 3.8) is 0 Å². The molecule has 1 heterocycles. The average molecular weight is 228 g/mol. The van der Waals surface area contributed by atoms with Crippen LogP contribution in [0.3, 0.4) is 0 Å². The lowest BCUT2D eigenvalue weighted by molar-refractivity contribution is -0.147. The maximum Gasteiger partial charge on any atom is 0.302 e. The zero-order valence-electron chi connectivity index (χ0n) is 10.3. The molecule has 16 heavy (non-hydrogen) atoms. The molecule has 0 radical (unpaired) electrons. The van der Waals surface area contributed by atoms with Gasteiger partial charge in [-0.3, -0.25) is 4.79 Å². The van der Waals surface area contributed by atoms with E-state index in [0.717, 1.165) is 0 Å². The van der Waals surface area contributed by atoms with E-state index in [4.69, 9.17) is 9.47 Å². The number of rotatable bonds is 2. The first-order valence-corrected chi connectivity index (χ1v) is 5.77. The summed E-state index contributed by atoms with van der Waals surface area (Å²) in [6.45, 7) is 7.79. The molecule has 0 unspecified atom stereocenters. The first-order valence-electron chi connectivity index (χ1n) is 5.77. The van der Waals surface area contributed by atoms with Gasteiger partial charge in [0.15, 0.2) is 0 Å². The van der Waals surface area contributed by atoms with E-state index >= 15 is 0 Å². The summed E-state index contributed by atoms with van der Waals surface area (Å²) in [5.74, 6) is -0.227. The van der Waals surface area contributed by atoms with Gasteiger partial charge >= 0.3 is 5.97 Å². The minimum absolute atomic E-state index is 0.0534. The lowest BCUT2D eigenvalue weighted by Gasteiger charge is -2.43. The van der Waals surface area contributed by atoms with Gasteiger partial charge in [0, 0.05) is 19.3 Å². The maximum atomic E-state index is 10.9. The van der Waals surface area contributed by atoms with Crippen molar-refractivity contribution >= 4 is 5.97 Å². The molecule has 4 atom stereocenters. The molecule has 4 heteroatoms. The van der Waals surface area contributed by atoms with E-state index in [1.807, 2.05) is 20.8 Å². The predicted octanol–water partition coefficient (Wildman–Crippen LogP) is 1.11. The second-order valence-electron chi connectivity index (χ2n) is 5.72. The second kappa shape index (κ2) is 3.44. The molecule has 1 aliphatic heterocycles. The van der Waals surface area contributed by atoms with E-state index in [-0.39, 0.29) is 29.0 Å². The van der Waals surface area contributed by atoms with Crippen LogP contribution in [-0.4, -0.2) is 35.5 Å². The Balaban J connectivity index is 2.14. The predicted molar refractivity (Wildman–Crippen MR) is 57.8 cm³/mol. The molecule has 0 aromatic carbocycles. The minimum atomic E-state index is -0.395. The van der Waals surface area contributed by atoms with E-state index in [1.54, 1.807) is 0 Å². The van der Waals surface area contributed by atoms with Gasteiger partial charge in [0.1, 0.15) is 0 Å². The van der Waals surface area contributed by atoms with Gasteiger partial charge in [0.05, 0.1) is 24.4 Å². The molecule has 0 bridgehead atoms. The van der Waals surface area contributed by atoms with Gasteiger partial charge in [-0.15, -0.1) is 0 Å². The average Bonchev–Trinajstić information content (AvgIpc) is 2.75. The lowest BCUT2D eigenvalue weighted by Crippen LogP contribution is -2.51. The Labute approximate surface area is 95.9 Å². The number of carbonyl (C=O) groups excluding carboxylic acids is 1. The molecule has 0 spiro atoms. The summed E-state index contributed by atoms with van der Waals surface area (Å²) in [6, 6.07) is 0. The van der Waals surface area contributed by atoms with E-state index in [9.17, 15) is 9.90 Å². The van der Waals surface area contributed by atoms with Crippen LogP contribution in [0.15, 0.2) is 0 Å². The zero-order valence-corrected chi connectivity index (χ0v) is 10.3. The molecule has 92 valence electrons. The van der Waals surface area contributed by atoms with Gasteiger partial charge in [-0.2, -0.15) is 0 Å². The summed E-state index contributed by atoms with van der Waals surface area (Å²) < 4.78 is 10.8. The van der Waals surface area contributed by atoms with E-state index in [1.165, 1.54) is 6.92 Å². The molecule has 4 nitrogen and oxygen atoms in total. The molecule has 2 rings (SSSR count). The van der Waals surface area contributed by atoms with E-state index < -0.39 is 6.10 Å². The molecule has 0 aromatic rings. The third-order valence-electron chi connectivity index (χ3n) is 4.32. The van der Waals surface area contributed by atoms with Gasteiger partial charge in [-0.05, 0) is 12.3 Å². The standard InChI is InChI=1S/C12H20O4/c1-7(13)15-6-8-11(2,3)9(14)5-10-12(8,4)16-10/h8-10,14H,5-6H2,1-4H3/t8-,9-,10+,12-/m1/s1. The largest absolute Gasteiger partial charge is 0.465 e. The van der Waals surface area contributed by atoms with Crippen molar-refractivity contribution in [2.24, 2.45) is 11.3 Å². The highest BCUT2D eigenvalue weighted by atomic mass is 16.6. The first-order chi connectivity index (χ1) is 7.28. The smallest absolute Gasteiger partial charge is 0.302 e. The fraction of sp³-hybridized carbons (Fsp3) is 0.917. The van der Waals surface area contributed by atoms with Crippen LogP contribution < -0.4 is 0 Å². The quantitative estimate of drug-likeness (QED) is 0.568. The monoisotopic (exact) mass is 228 g/mol. The van der Waals surface area contributed by atoms with Crippen LogP contribution in [0.2, 0.25) is 0 Å². The Morgan fingerprint density at radius 2 is 2.12 bits per heavy atom. The van der Waals surface area contributed by atoms with Crippen LogP contribution in [0.4, 0.5) is 0 Å². The Hall–Kier alpha value is -0.610. The summed E-state index contributed by atoms with van der Waals surface area (Å²) in [7, 11) is 0. The molecule has 1 saturated carbocycles. The molecule has 2 aliphatic rings. The van der Waals surface area contributed by atoms with Crippen molar-refractivity contribution in [1.29, 1.82) is 0 Å². The van der Waals surface area contributed by atoms with Crippen LogP contribution >= 0.6 is 0 Å². The van der Waals surface area contributed by atoms with Crippen molar-refractivity contribution in [2.45, 2.75) is 51.9 Å². The third kappa shape index (κ3) is 1.64. The Kier molecular flexibility index (Phi) is 2.55. The summed E-state index contributed by atoms with van der Waals surface area (Å²) in [5.41, 5.74) is -0.505. The van der Waals surface area contributed by atoms with Crippen LogP contribution in [-0.2, 0) is 14.3 Å². The number of aliphatic hydroxyl groups excluding tert-OH is 1. The summed E-state index contributed by atoms with van der Waals surface area (Å²) >= 11 is 0. The van der Waals surface area contributed by atoms with Crippen molar-refractivity contribution in [3.8, 4) is 0 Å². The molecule has 1 N–H and O–H groups in total. The lowest BCUT2D eigenvalue weighted by atomic mass is 9.62. The van der Waals surface area contributed by atoms with Crippen LogP contribution in [0.25, 0.3) is 0 Å². The second-order valence-corrected chi connectivity index (χ2v) is 5.72. The van der Waals surface area contributed by atoms with Crippen molar-refractivity contribution < 1.29 is 19.4 Å². The highest BCUT2D eigenvalue weighted by Crippen LogP contribution is 2.57. The molecular weight excluding hydrogens is 208 g/mol. The Morgan fingerprint density at radius 1 is 1.50 bits per heavy atom. The minimum Gasteiger partial charge on any atom is -0.465 e. The molecule has 0 aromatic heterocycles. The van der Waals surface area contributed by atoms with Crippen LogP contribution in [0.5, 0.6) is 0 Å². The fourth-order valence-electron chi connectivity index (χ4n) is 2.92. The number of esters is 1. The Morgan fingerprint density at radius 3 is 2.69 bits per heavy atom. The summed E-state index contributed by atoms with van der Waals surface area (Å²) in [6.07, 6.45) is 0.407. The van der Waals surface area contributed by atoms with E-state index in [2.05, 4.69) is 0 Å². The van der Waals surface area contributed by atoms with E-state index in [0.29, 0.717) is 13.0 Å². The maximum absolute atomic E-state index is 10.9.